The Hall–Kier alpha value is -1.57. The zero-order valence-electron chi connectivity index (χ0n) is 19.1. The molecule has 0 aliphatic heterocycles. The van der Waals surface area contributed by atoms with Crippen LogP contribution >= 0.6 is 0 Å². The van der Waals surface area contributed by atoms with Gasteiger partial charge in [-0.15, -0.1) is 0 Å². The Morgan fingerprint density at radius 1 is 0.621 bits per heavy atom. The maximum atomic E-state index is 6.83. The number of hydrogen-bond donors (Lipinski definition) is 0. The Morgan fingerprint density at radius 3 is 1.38 bits per heavy atom. The largest absolute Gasteiger partial charge is 0.496 e. The molecule has 0 spiro atoms. The zero-order valence-corrected chi connectivity index (χ0v) is 21.1. The maximum absolute atomic E-state index is 6.83. The molecule has 0 N–H and O–H groups in total. The van der Waals surface area contributed by atoms with Crippen molar-refractivity contribution in [2.24, 2.45) is 0 Å². The summed E-state index contributed by atoms with van der Waals surface area (Å²) in [6.07, 6.45) is 4.43. The fraction of sp³-hybridized carbons (Fsp3) is 0.500. The summed E-state index contributed by atoms with van der Waals surface area (Å²) in [5.41, 5.74) is 2.60. The minimum absolute atomic E-state index is 0.999. The molecule has 0 aromatic heterocycles. The standard InChI is InChI=1S/C24H38O3Si2/c1-25-23-17-9-7-13-21(23)15-11-19-28(3,4)27-29(5,6)20-12-16-22-14-8-10-18-24(22)26-2/h7-10,13-14,17-18H,11-12,15-16,19-20H2,1-6H3. The van der Waals surface area contributed by atoms with Crippen molar-refractivity contribution in [3.63, 3.8) is 0 Å². The van der Waals surface area contributed by atoms with E-state index in [1.165, 1.54) is 23.2 Å². The maximum Gasteiger partial charge on any atom is 0.173 e. The van der Waals surface area contributed by atoms with E-state index in [0.717, 1.165) is 37.2 Å². The van der Waals surface area contributed by atoms with Crippen LogP contribution in [0.4, 0.5) is 0 Å². The quantitative estimate of drug-likeness (QED) is 0.351. The first-order valence-corrected chi connectivity index (χ1v) is 16.9. The molecular formula is C24H38O3Si2. The molecule has 2 rings (SSSR count). The number of methoxy groups -OCH3 is 2. The number of benzene rings is 2. The topological polar surface area (TPSA) is 27.7 Å². The average molecular weight is 431 g/mol. The third kappa shape index (κ3) is 7.99. The normalized spacial score (nSPS) is 12.1. The van der Waals surface area contributed by atoms with Crippen molar-refractivity contribution in [3.05, 3.63) is 59.7 Å². The molecule has 160 valence electrons. The van der Waals surface area contributed by atoms with Crippen molar-refractivity contribution in [2.75, 3.05) is 14.2 Å². The highest BCUT2D eigenvalue weighted by atomic mass is 28.4. The summed E-state index contributed by atoms with van der Waals surface area (Å²) in [5.74, 6) is 2.00. The van der Waals surface area contributed by atoms with Gasteiger partial charge in [0, 0.05) is 0 Å². The van der Waals surface area contributed by atoms with Crippen LogP contribution in [0.2, 0.25) is 38.3 Å². The molecule has 0 bridgehead atoms. The van der Waals surface area contributed by atoms with Crippen LogP contribution in [0, 0.1) is 0 Å². The van der Waals surface area contributed by atoms with Gasteiger partial charge in [-0.3, -0.25) is 0 Å². The number of rotatable bonds is 12. The lowest BCUT2D eigenvalue weighted by atomic mass is 10.1. The molecule has 2 aromatic carbocycles. The van der Waals surface area contributed by atoms with Crippen LogP contribution in [0.1, 0.15) is 24.0 Å². The van der Waals surface area contributed by atoms with Gasteiger partial charge in [0.05, 0.1) is 14.2 Å². The van der Waals surface area contributed by atoms with E-state index >= 15 is 0 Å². The summed E-state index contributed by atoms with van der Waals surface area (Å²) >= 11 is 0. The van der Waals surface area contributed by atoms with Gasteiger partial charge in [-0.05, 0) is 87.2 Å². The average Bonchev–Trinajstić information content (AvgIpc) is 2.67. The molecule has 0 fully saturated rings. The molecule has 3 nitrogen and oxygen atoms in total. The molecule has 2 aromatic rings. The number of aryl methyl sites for hydroxylation is 2. The Labute approximate surface area is 179 Å². The third-order valence-electron chi connectivity index (χ3n) is 5.39. The predicted molar refractivity (Wildman–Crippen MR) is 128 cm³/mol. The van der Waals surface area contributed by atoms with Crippen molar-refractivity contribution in [1.29, 1.82) is 0 Å². The van der Waals surface area contributed by atoms with Gasteiger partial charge in [0.25, 0.3) is 0 Å². The van der Waals surface area contributed by atoms with Crippen molar-refractivity contribution in [2.45, 2.75) is 64.0 Å². The van der Waals surface area contributed by atoms with Crippen molar-refractivity contribution in [3.8, 4) is 11.5 Å². The van der Waals surface area contributed by atoms with Crippen LogP contribution in [0.3, 0.4) is 0 Å². The predicted octanol–water partition coefficient (Wildman–Crippen LogP) is 6.70. The fourth-order valence-electron chi connectivity index (χ4n) is 4.08. The zero-order chi connectivity index (χ0) is 21.3. The van der Waals surface area contributed by atoms with Gasteiger partial charge in [0.2, 0.25) is 0 Å². The molecule has 0 saturated heterocycles. The van der Waals surface area contributed by atoms with Crippen LogP contribution < -0.4 is 9.47 Å². The summed E-state index contributed by atoms with van der Waals surface area (Å²) in [6, 6.07) is 19.1. The van der Waals surface area contributed by atoms with E-state index in [9.17, 15) is 0 Å². The van der Waals surface area contributed by atoms with Gasteiger partial charge in [0.15, 0.2) is 16.6 Å². The van der Waals surface area contributed by atoms with Crippen LogP contribution in [0.25, 0.3) is 0 Å². The molecular weight excluding hydrogens is 392 g/mol. The highest BCUT2D eigenvalue weighted by Gasteiger charge is 2.32. The van der Waals surface area contributed by atoms with Gasteiger partial charge >= 0.3 is 0 Å². The molecule has 0 aliphatic rings. The van der Waals surface area contributed by atoms with E-state index in [4.69, 9.17) is 13.6 Å². The number of hydrogen-bond acceptors (Lipinski definition) is 3. The number of para-hydroxylation sites is 2. The molecule has 0 aliphatic carbocycles. The minimum Gasteiger partial charge on any atom is -0.496 e. The lowest BCUT2D eigenvalue weighted by Crippen LogP contribution is -2.44. The first-order chi connectivity index (χ1) is 13.8. The molecule has 0 radical (unpaired) electrons. The van der Waals surface area contributed by atoms with Crippen LogP contribution in [-0.2, 0) is 17.0 Å². The van der Waals surface area contributed by atoms with Crippen LogP contribution in [0.15, 0.2) is 48.5 Å². The second-order valence-electron chi connectivity index (χ2n) is 8.95. The molecule has 0 amide bonds. The van der Waals surface area contributed by atoms with Gasteiger partial charge in [-0.2, -0.15) is 0 Å². The molecule has 0 atom stereocenters. The summed E-state index contributed by atoms with van der Waals surface area (Å²) in [4.78, 5) is 0. The Balaban J connectivity index is 1.81. The smallest absolute Gasteiger partial charge is 0.173 e. The van der Waals surface area contributed by atoms with Crippen LogP contribution in [0.5, 0.6) is 11.5 Å². The number of ether oxygens (including phenoxy) is 2. The molecule has 0 unspecified atom stereocenters. The van der Waals surface area contributed by atoms with E-state index in [1.807, 2.05) is 24.3 Å². The van der Waals surface area contributed by atoms with Crippen molar-refractivity contribution >= 4 is 16.6 Å². The highest BCUT2D eigenvalue weighted by Crippen LogP contribution is 2.27. The van der Waals surface area contributed by atoms with E-state index in [1.54, 1.807) is 14.2 Å². The summed E-state index contributed by atoms with van der Waals surface area (Å²) in [5, 5.41) is 0. The second-order valence-corrected chi connectivity index (χ2v) is 17.8. The van der Waals surface area contributed by atoms with Crippen molar-refractivity contribution < 1.29 is 13.6 Å². The van der Waals surface area contributed by atoms with E-state index < -0.39 is 16.6 Å². The summed E-state index contributed by atoms with van der Waals surface area (Å²) in [7, 11) is 0.158. The van der Waals surface area contributed by atoms with E-state index in [2.05, 4.69) is 50.5 Å². The SMILES string of the molecule is COc1ccccc1CCC[Si](C)(C)O[Si](C)(C)CCCc1ccccc1OC. The molecule has 5 heteroatoms. The Morgan fingerprint density at radius 2 is 1.00 bits per heavy atom. The first kappa shape index (κ1) is 23.7. The Bertz CT molecular complexity index is 696. The minimum atomic E-state index is -1.67. The second kappa shape index (κ2) is 11.0. The van der Waals surface area contributed by atoms with Gasteiger partial charge in [-0.25, -0.2) is 0 Å². The van der Waals surface area contributed by atoms with Gasteiger partial charge in [-0.1, -0.05) is 36.4 Å². The van der Waals surface area contributed by atoms with E-state index in [0.29, 0.717) is 0 Å². The first-order valence-electron chi connectivity index (χ1n) is 10.7. The highest BCUT2D eigenvalue weighted by molar-refractivity contribution is 6.84. The lowest BCUT2D eigenvalue weighted by Gasteiger charge is -2.34. The van der Waals surface area contributed by atoms with Gasteiger partial charge in [0.1, 0.15) is 11.5 Å². The van der Waals surface area contributed by atoms with Crippen molar-refractivity contribution in [1.82, 2.24) is 0 Å². The summed E-state index contributed by atoms with van der Waals surface area (Å²) < 4.78 is 17.8. The third-order valence-corrected chi connectivity index (χ3v) is 12.9. The lowest BCUT2D eigenvalue weighted by molar-refractivity contribution is 0.409. The fourth-order valence-corrected chi connectivity index (χ4v) is 12.9. The molecule has 29 heavy (non-hydrogen) atoms. The Kier molecular flexibility index (Phi) is 8.99. The molecule has 0 heterocycles. The summed E-state index contributed by atoms with van der Waals surface area (Å²) in [6.45, 7) is 9.52. The monoisotopic (exact) mass is 430 g/mol. The van der Waals surface area contributed by atoms with Crippen LogP contribution in [-0.4, -0.2) is 30.9 Å². The van der Waals surface area contributed by atoms with E-state index in [-0.39, 0.29) is 0 Å². The molecule has 0 saturated carbocycles. The van der Waals surface area contributed by atoms with Gasteiger partial charge < -0.3 is 13.6 Å².